The van der Waals surface area contributed by atoms with Crippen molar-refractivity contribution in [1.82, 2.24) is 4.90 Å². The molecule has 1 aromatic rings. The van der Waals surface area contributed by atoms with Crippen LogP contribution in [-0.2, 0) is 0 Å². The molecule has 1 fully saturated rings. The molecule has 0 spiro atoms. The summed E-state index contributed by atoms with van der Waals surface area (Å²) in [6.07, 6.45) is 1.01. The molecule has 0 aromatic heterocycles. The van der Waals surface area contributed by atoms with E-state index in [0.29, 0.717) is 0 Å². The van der Waals surface area contributed by atoms with Gasteiger partial charge in [0.15, 0.2) is 0 Å². The lowest BCUT2D eigenvalue weighted by atomic mass is 10.0. The van der Waals surface area contributed by atoms with E-state index in [0.717, 1.165) is 28.5 Å². The van der Waals surface area contributed by atoms with Crippen LogP contribution in [0.4, 0.5) is 0 Å². The monoisotopic (exact) mass is 298 g/mol. The molecule has 3 atom stereocenters. The average Bonchev–Trinajstić information content (AvgIpc) is 2.36. The van der Waals surface area contributed by atoms with Crippen molar-refractivity contribution in [2.24, 2.45) is 5.73 Å². The molecule has 4 heteroatoms. The van der Waals surface area contributed by atoms with Crippen LogP contribution in [0.3, 0.4) is 0 Å². The van der Waals surface area contributed by atoms with Gasteiger partial charge in [0.05, 0.1) is 0 Å². The maximum absolute atomic E-state index is 6.26. The summed E-state index contributed by atoms with van der Waals surface area (Å²) < 4.78 is 0. The molecule has 1 heterocycles. The van der Waals surface area contributed by atoms with Crippen LogP contribution in [0.5, 0.6) is 0 Å². The highest BCUT2D eigenvalue weighted by atomic mass is 35.5. The molecule has 106 valence electrons. The summed E-state index contributed by atoms with van der Waals surface area (Å²) in [5, 5.41) is 2.23. The molecule has 0 bridgehead atoms. The second-order valence-corrected chi connectivity index (χ2v) is 7.78. The standard InChI is InChI=1S/C15H23ClN2S/c1-11-9-18(10-12(2)19-11)8-7-15(17)13-3-5-14(16)6-4-13/h3-6,11-12,15H,7-10,17H2,1-2H3. The number of halogens is 1. The number of nitrogens with zero attached hydrogens (tertiary/aromatic N) is 1. The molecule has 2 N–H and O–H groups in total. The lowest BCUT2D eigenvalue weighted by Gasteiger charge is -2.35. The van der Waals surface area contributed by atoms with Crippen LogP contribution < -0.4 is 5.73 Å². The molecule has 1 aliphatic rings. The third-order valence-corrected chi connectivity index (χ3v) is 5.03. The van der Waals surface area contributed by atoms with E-state index in [1.807, 2.05) is 24.3 Å². The van der Waals surface area contributed by atoms with Crippen LogP contribution in [0.15, 0.2) is 24.3 Å². The molecule has 0 radical (unpaired) electrons. The number of nitrogens with two attached hydrogens (primary N) is 1. The third kappa shape index (κ3) is 4.67. The molecule has 0 saturated carbocycles. The van der Waals surface area contributed by atoms with Gasteiger partial charge in [0.25, 0.3) is 0 Å². The van der Waals surface area contributed by atoms with Gasteiger partial charge in [-0.15, -0.1) is 0 Å². The summed E-state index contributed by atoms with van der Waals surface area (Å²) in [7, 11) is 0. The van der Waals surface area contributed by atoms with E-state index in [-0.39, 0.29) is 6.04 Å². The van der Waals surface area contributed by atoms with Gasteiger partial charge < -0.3 is 10.6 Å². The number of hydrogen-bond donors (Lipinski definition) is 1. The van der Waals surface area contributed by atoms with E-state index in [1.54, 1.807) is 0 Å². The summed E-state index contributed by atoms with van der Waals surface area (Å²) in [5.41, 5.74) is 7.43. The molecule has 0 aliphatic carbocycles. The normalized spacial score (nSPS) is 26.3. The smallest absolute Gasteiger partial charge is 0.0406 e. The molecule has 3 unspecified atom stereocenters. The maximum atomic E-state index is 6.26. The molecule has 1 aromatic carbocycles. The van der Waals surface area contributed by atoms with Gasteiger partial charge in [-0.3, -0.25) is 0 Å². The van der Waals surface area contributed by atoms with Gasteiger partial charge >= 0.3 is 0 Å². The molecule has 1 aliphatic heterocycles. The van der Waals surface area contributed by atoms with Crippen LogP contribution in [0.2, 0.25) is 5.02 Å². The van der Waals surface area contributed by atoms with Crippen molar-refractivity contribution in [1.29, 1.82) is 0 Å². The fourth-order valence-corrected chi connectivity index (χ4v) is 4.18. The van der Waals surface area contributed by atoms with Crippen molar-refractivity contribution in [3.05, 3.63) is 34.9 Å². The summed E-state index contributed by atoms with van der Waals surface area (Å²) in [6.45, 7) is 8.07. The number of thioether (sulfide) groups is 1. The minimum Gasteiger partial charge on any atom is -0.324 e. The van der Waals surface area contributed by atoms with Gasteiger partial charge in [-0.2, -0.15) is 11.8 Å². The molecule has 0 amide bonds. The predicted octanol–water partition coefficient (Wildman–Crippen LogP) is 3.56. The molecule has 2 nitrogen and oxygen atoms in total. The zero-order valence-corrected chi connectivity index (χ0v) is 13.3. The Hall–Kier alpha value is -0.220. The summed E-state index contributed by atoms with van der Waals surface area (Å²) in [6, 6.07) is 8.00. The molecule has 1 saturated heterocycles. The van der Waals surface area contributed by atoms with Crippen LogP contribution in [0.25, 0.3) is 0 Å². The van der Waals surface area contributed by atoms with E-state index >= 15 is 0 Å². The van der Waals surface area contributed by atoms with Crippen LogP contribution in [0.1, 0.15) is 31.9 Å². The van der Waals surface area contributed by atoms with Gasteiger partial charge in [-0.25, -0.2) is 0 Å². The van der Waals surface area contributed by atoms with Crippen LogP contribution >= 0.6 is 23.4 Å². The van der Waals surface area contributed by atoms with E-state index < -0.39 is 0 Å². The van der Waals surface area contributed by atoms with E-state index in [1.165, 1.54) is 18.7 Å². The minimum atomic E-state index is 0.109. The zero-order chi connectivity index (χ0) is 13.8. The molecule has 19 heavy (non-hydrogen) atoms. The van der Waals surface area contributed by atoms with Crippen LogP contribution in [0, 0.1) is 0 Å². The summed E-state index contributed by atoms with van der Waals surface area (Å²) in [5.74, 6) is 0. The highest BCUT2D eigenvalue weighted by molar-refractivity contribution is 8.00. The van der Waals surface area contributed by atoms with Gasteiger partial charge in [0.1, 0.15) is 0 Å². The Morgan fingerprint density at radius 1 is 1.26 bits per heavy atom. The first-order valence-corrected chi connectivity index (χ1v) is 8.25. The average molecular weight is 299 g/mol. The highest BCUT2D eigenvalue weighted by Crippen LogP contribution is 2.25. The van der Waals surface area contributed by atoms with Crippen molar-refractivity contribution < 1.29 is 0 Å². The maximum Gasteiger partial charge on any atom is 0.0406 e. The van der Waals surface area contributed by atoms with Gasteiger partial charge in [0.2, 0.25) is 0 Å². The second kappa shape index (κ2) is 6.98. The quantitative estimate of drug-likeness (QED) is 0.921. The Kier molecular flexibility index (Phi) is 5.58. The van der Waals surface area contributed by atoms with Crippen molar-refractivity contribution in [2.75, 3.05) is 19.6 Å². The number of rotatable bonds is 4. The number of benzene rings is 1. The van der Waals surface area contributed by atoms with Gasteiger partial charge in [0, 0.05) is 41.2 Å². The minimum absolute atomic E-state index is 0.109. The lowest BCUT2D eigenvalue weighted by Crippen LogP contribution is -2.41. The molecule has 2 rings (SSSR count). The largest absolute Gasteiger partial charge is 0.324 e. The first kappa shape index (κ1) is 15.2. The van der Waals surface area contributed by atoms with Crippen LogP contribution in [-0.4, -0.2) is 35.0 Å². The van der Waals surface area contributed by atoms with Crippen molar-refractivity contribution in [3.63, 3.8) is 0 Å². The summed E-state index contributed by atoms with van der Waals surface area (Å²) >= 11 is 7.99. The third-order valence-electron chi connectivity index (χ3n) is 3.55. The fourth-order valence-electron chi connectivity index (χ4n) is 2.67. The van der Waals surface area contributed by atoms with Crippen molar-refractivity contribution in [2.45, 2.75) is 36.8 Å². The first-order chi connectivity index (χ1) is 9.04. The molecular formula is C15H23ClN2S. The van der Waals surface area contributed by atoms with E-state index in [2.05, 4.69) is 30.5 Å². The SMILES string of the molecule is CC1CN(CCC(N)c2ccc(Cl)cc2)CC(C)S1. The topological polar surface area (TPSA) is 29.3 Å². The zero-order valence-electron chi connectivity index (χ0n) is 11.7. The first-order valence-electron chi connectivity index (χ1n) is 6.93. The Labute approximate surface area is 125 Å². The molecular weight excluding hydrogens is 276 g/mol. The van der Waals surface area contributed by atoms with Gasteiger partial charge in [-0.1, -0.05) is 37.6 Å². The van der Waals surface area contributed by atoms with Gasteiger partial charge in [-0.05, 0) is 24.1 Å². The Morgan fingerprint density at radius 2 is 1.84 bits per heavy atom. The van der Waals surface area contributed by atoms with E-state index in [9.17, 15) is 0 Å². The number of hydrogen-bond acceptors (Lipinski definition) is 3. The van der Waals surface area contributed by atoms with Crippen molar-refractivity contribution >= 4 is 23.4 Å². The summed E-state index contributed by atoms with van der Waals surface area (Å²) in [4.78, 5) is 2.54. The fraction of sp³-hybridized carbons (Fsp3) is 0.600. The van der Waals surface area contributed by atoms with E-state index in [4.69, 9.17) is 17.3 Å². The second-order valence-electron chi connectivity index (χ2n) is 5.46. The Morgan fingerprint density at radius 3 is 2.42 bits per heavy atom. The predicted molar refractivity (Wildman–Crippen MR) is 86.0 cm³/mol. The Bertz CT molecular complexity index is 386. The highest BCUT2D eigenvalue weighted by Gasteiger charge is 2.22. The Balaban J connectivity index is 1.83. The lowest BCUT2D eigenvalue weighted by molar-refractivity contribution is 0.260. The van der Waals surface area contributed by atoms with Crippen molar-refractivity contribution in [3.8, 4) is 0 Å².